The Morgan fingerprint density at radius 3 is 2.93 bits per heavy atom. The van der Waals surface area contributed by atoms with Gasteiger partial charge in [0.2, 0.25) is 0 Å². The molecule has 0 saturated carbocycles. The topological polar surface area (TPSA) is 51.2 Å². The smallest absolute Gasteiger partial charge is 0.263 e. The maximum Gasteiger partial charge on any atom is 0.263 e. The second-order valence-electron chi connectivity index (χ2n) is 2.63. The lowest BCUT2D eigenvalue weighted by atomic mass is 10.4. The van der Waals surface area contributed by atoms with Gasteiger partial charge in [-0.05, 0) is 22.9 Å². The van der Waals surface area contributed by atoms with Crippen molar-refractivity contribution in [3.05, 3.63) is 14.5 Å². The van der Waals surface area contributed by atoms with Crippen LogP contribution >= 0.6 is 27.3 Å². The molecule has 0 fully saturated rings. The third kappa shape index (κ3) is 3.04. The molecule has 0 spiro atoms. The Balaban J connectivity index is 2.56. The quantitative estimate of drug-likeness (QED) is 0.851. The number of thiazole rings is 1. The summed E-state index contributed by atoms with van der Waals surface area (Å²) in [5.41, 5.74) is 0.747. The molecule has 0 aliphatic rings. The zero-order chi connectivity index (χ0) is 10.6. The first-order chi connectivity index (χ1) is 6.65. The lowest BCUT2D eigenvalue weighted by Crippen LogP contribution is -2.26. The summed E-state index contributed by atoms with van der Waals surface area (Å²) in [6.07, 6.45) is 0. The number of hydrogen-bond acceptors (Lipinski definition) is 4. The number of aryl methyl sites for hydroxylation is 1. The molecular formula is C8H11BrN2O2S. The van der Waals surface area contributed by atoms with Crippen LogP contribution in [0.5, 0.6) is 0 Å². The summed E-state index contributed by atoms with van der Waals surface area (Å²) in [5.74, 6) is -0.0947. The van der Waals surface area contributed by atoms with E-state index in [1.807, 2.05) is 6.92 Å². The van der Waals surface area contributed by atoms with Crippen LogP contribution in [0.25, 0.3) is 0 Å². The summed E-state index contributed by atoms with van der Waals surface area (Å²) in [5, 5.41) is 2.74. The van der Waals surface area contributed by atoms with E-state index in [9.17, 15) is 4.79 Å². The second-order valence-corrected chi connectivity index (χ2v) is 4.91. The molecule has 0 unspecified atom stereocenters. The molecule has 1 heterocycles. The van der Waals surface area contributed by atoms with Crippen LogP contribution in [0.2, 0.25) is 0 Å². The van der Waals surface area contributed by atoms with Crippen LogP contribution in [0.3, 0.4) is 0 Å². The van der Waals surface area contributed by atoms with E-state index < -0.39 is 0 Å². The van der Waals surface area contributed by atoms with E-state index in [2.05, 4.69) is 26.2 Å². The average molecular weight is 279 g/mol. The van der Waals surface area contributed by atoms with Crippen LogP contribution in [-0.2, 0) is 4.74 Å². The summed E-state index contributed by atoms with van der Waals surface area (Å²) in [7, 11) is 1.60. The summed E-state index contributed by atoms with van der Waals surface area (Å²) in [4.78, 5) is 16.3. The fraction of sp³-hybridized carbons (Fsp3) is 0.500. The van der Waals surface area contributed by atoms with Gasteiger partial charge in [-0.15, -0.1) is 11.3 Å². The number of hydrogen-bond donors (Lipinski definition) is 1. The fourth-order valence-corrected chi connectivity index (χ4v) is 2.38. The molecule has 0 atom stereocenters. The van der Waals surface area contributed by atoms with Gasteiger partial charge in [-0.25, -0.2) is 4.98 Å². The summed E-state index contributed by atoms with van der Waals surface area (Å²) < 4.78 is 5.56. The first-order valence-electron chi connectivity index (χ1n) is 4.05. The molecule has 14 heavy (non-hydrogen) atoms. The lowest BCUT2D eigenvalue weighted by Gasteiger charge is -2.01. The van der Waals surface area contributed by atoms with Gasteiger partial charge in [0.15, 0.2) is 3.92 Å². The number of nitrogens with one attached hydrogen (secondary N) is 1. The first-order valence-corrected chi connectivity index (χ1v) is 5.66. The van der Waals surface area contributed by atoms with Crippen LogP contribution in [0, 0.1) is 6.92 Å². The maximum absolute atomic E-state index is 11.5. The molecule has 0 aliphatic heterocycles. The Bertz CT molecular complexity index is 327. The lowest BCUT2D eigenvalue weighted by molar-refractivity contribution is 0.0940. The number of aromatic nitrogens is 1. The number of halogens is 1. The van der Waals surface area contributed by atoms with Gasteiger partial charge in [-0.2, -0.15) is 0 Å². The largest absolute Gasteiger partial charge is 0.383 e. The zero-order valence-electron chi connectivity index (χ0n) is 7.96. The third-order valence-corrected chi connectivity index (χ3v) is 3.18. The molecular weight excluding hydrogens is 268 g/mol. The van der Waals surface area contributed by atoms with Crippen LogP contribution in [-0.4, -0.2) is 31.2 Å². The predicted molar refractivity (Wildman–Crippen MR) is 58.8 cm³/mol. The highest BCUT2D eigenvalue weighted by Gasteiger charge is 2.13. The van der Waals surface area contributed by atoms with Gasteiger partial charge in [0.05, 0.1) is 12.3 Å². The standard InChI is InChI=1S/C8H11BrN2O2S/c1-5-6(14-8(9)11-5)7(12)10-3-4-13-2/h3-4H2,1-2H3,(H,10,12). The van der Waals surface area contributed by atoms with Crippen LogP contribution in [0.15, 0.2) is 3.92 Å². The Kier molecular flexibility index (Phi) is 4.50. The van der Waals surface area contributed by atoms with Gasteiger partial charge in [-0.3, -0.25) is 4.79 Å². The van der Waals surface area contributed by atoms with Crippen LogP contribution < -0.4 is 5.32 Å². The minimum atomic E-state index is -0.0947. The van der Waals surface area contributed by atoms with Crippen molar-refractivity contribution in [1.82, 2.24) is 10.3 Å². The van der Waals surface area contributed by atoms with Crippen LogP contribution in [0.1, 0.15) is 15.4 Å². The van der Waals surface area contributed by atoms with E-state index >= 15 is 0 Å². The number of carbonyl (C=O) groups excluding carboxylic acids is 1. The molecule has 0 aliphatic carbocycles. The van der Waals surface area contributed by atoms with Crippen molar-refractivity contribution in [3.63, 3.8) is 0 Å². The second kappa shape index (κ2) is 5.43. The molecule has 1 amide bonds. The molecule has 1 rings (SSSR count). The van der Waals surface area contributed by atoms with E-state index in [0.717, 1.165) is 9.61 Å². The molecule has 0 saturated heterocycles. The minimum Gasteiger partial charge on any atom is -0.383 e. The number of nitrogens with zero attached hydrogens (tertiary/aromatic N) is 1. The number of ether oxygens (including phenoxy) is 1. The number of amides is 1. The van der Waals surface area contributed by atoms with Crippen molar-refractivity contribution in [2.45, 2.75) is 6.92 Å². The first kappa shape index (κ1) is 11.6. The van der Waals surface area contributed by atoms with Gasteiger partial charge in [0.25, 0.3) is 5.91 Å². The highest BCUT2D eigenvalue weighted by atomic mass is 79.9. The predicted octanol–water partition coefficient (Wildman–Crippen LogP) is 1.59. The molecule has 6 heteroatoms. The molecule has 1 N–H and O–H groups in total. The summed E-state index contributed by atoms with van der Waals surface area (Å²) in [6.45, 7) is 2.85. The SMILES string of the molecule is COCCNC(=O)c1sc(Br)nc1C. The van der Waals surface area contributed by atoms with E-state index in [1.54, 1.807) is 7.11 Å². The third-order valence-electron chi connectivity index (χ3n) is 1.57. The fourth-order valence-electron chi connectivity index (χ4n) is 0.921. The average Bonchev–Trinajstić information content (AvgIpc) is 2.45. The van der Waals surface area contributed by atoms with Gasteiger partial charge in [0.1, 0.15) is 4.88 Å². The Labute approximate surface area is 94.8 Å². The monoisotopic (exact) mass is 278 g/mol. The zero-order valence-corrected chi connectivity index (χ0v) is 10.4. The highest BCUT2D eigenvalue weighted by Crippen LogP contribution is 2.22. The van der Waals surface area contributed by atoms with Crippen molar-refractivity contribution in [3.8, 4) is 0 Å². The molecule has 4 nitrogen and oxygen atoms in total. The number of methoxy groups -OCH3 is 1. The van der Waals surface area contributed by atoms with Gasteiger partial charge in [0, 0.05) is 13.7 Å². The normalized spacial score (nSPS) is 10.2. The number of rotatable bonds is 4. The molecule has 1 aromatic rings. The summed E-state index contributed by atoms with van der Waals surface area (Å²) in [6, 6.07) is 0. The molecule has 0 radical (unpaired) electrons. The minimum absolute atomic E-state index is 0.0947. The highest BCUT2D eigenvalue weighted by molar-refractivity contribution is 9.11. The van der Waals surface area contributed by atoms with Crippen molar-refractivity contribution in [1.29, 1.82) is 0 Å². The molecule has 1 aromatic heterocycles. The molecule has 0 bridgehead atoms. The van der Waals surface area contributed by atoms with Gasteiger partial charge >= 0.3 is 0 Å². The molecule has 78 valence electrons. The van der Waals surface area contributed by atoms with Crippen molar-refractivity contribution in [2.75, 3.05) is 20.3 Å². The Morgan fingerprint density at radius 2 is 2.43 bits per heavy atom. The van der Waals surface area contributed by atoms with Gasteiger partial charge < -0.3 is 10.1 Å². The van der Waals surface area contributed by atoms with E-state index in [0.29, 0.717) is 18.0 Å². The summed E-state index contributed by atoms with van der Waals surface area (Å²) >= 11 is 4.57. The van der Waals surface area contributed by atoms with Crippen molar-refractivity contribution in [2.24, 2.45) is 0 Å². The molecule has 0 aromatic carbocycles. The Hall–Kier alpha value is -0.460. The number of carbonyl (C=O) groups is 1. The maximum atomic E-state index is 11.5. The van der Waals surface area contributed by atoms with Crippen molar-refractivity contribution >= 4 is 33.2 Å². The van der Waals surface area contributed by atoms with E-state index in [1.165, 1.54) is 11.3 Å². The van der Waals surface area contributed by atoms with Crippen molar-refractivity contribution < 1.29 is 9.53 Å². The van der Waals surface area contributed by atoms with E-state index in [4.69, 9.17) is 4.74 Å². The Morgan fingerprint density at radius 1 is 1.71 bits per heavy atom. The van der Waals surface area contributed by atoms with Gasteiger partial charge in [-0.1, -0.05) is 0 Å². The van der Waals surface area contributed by atoms with Crippen LogP contribution in [0.4, 0.5) is 0 Å². The van der Waals surface area contributed by atoms with E-state index in [-0.39, 0.29) is 5.91 Å².